The summed E-state index contributed by atoms with van der Waals surface area (Å²) in [6.45, 7) is 2.68. The van der Waals surface area contributed by atoms with Crippen molar-refractivity contribution in [2.45, 2.75) is 32.3 Å². The Kier molecular flexibility index (Phi) is 7.61. The van der Waals surface area contributed by atoms with Gasteiger partial charge in [0.15, 0.2) is 12.8 Å². The maximum Gasteiger partial charge on any atom is 0.413 e. The molecule has 29 heavy (non-hydrogen) atoms. The molecule has 2 aromatic carbocycles. The van der Waals surface area contributed by atoms with Gasteiger partial charge in [0.2, 0.25) is 0 Å². The molecule has 1 saturated heterocycles. The van der Waals surface area contributed by atoms with Crippen molar-refractivity contribution >= 4 is 12.1 Å². The number of cyclic esters (lactones) is 1. The summed E-state index contributed by atoms with van der Waals surface area (Å²) in [7, 11) is 0. The van der Waals surface area contributed by atoms with E-state index in [9.17, 15) is 9.59 Å². The lowest BCUT2D eigenvalue weighted by Gasteiger charge is -2.20. The number of esters is 1. The monoisotopic (exact) mass is 399 g/mol. The molecule has 2 aromatic rings. The van der Waals surface area contributed by atoms with E-state index in [4.69, 9.17) is 18.9 Å². The van der Waals surface area contributed by atoms with Crippen molar-refractivity contribution in [1.29, 1.82) is 0 Å². The van der Waals surface area contributed by atoms with E-state index in [1.807, 2.05) is 67.6 Å². The highest BCUT2D eigenvalue weighted by molar-refractivity contribution is 5.83. The van der Waals surface area contributed by atoms with Crippen LogP contribution >= 0.6 is 0 Å². The second-order valence-electron chi connectivity index (χ2n) is 6.76. The summed E-state index contributed by atoms with van der Waals surface area (Å²) in [5.41, 5.74) is 1.94. The van der Waals surface area contributed by atoms with E-state index < -0.39 is 18.1 Å². The zero-order valence-electron chi connectivity index (χ0n) is 16.4. The Morgan fingerprint density at radius 3 is 2.34 bits per heavy atom. The molecule has 0 unspecified atom stereocenters. The number of hydrogen-bond acceptors (Lipinski definition) is 6. The fraction of sp³-hybridized carbons (Fsp3) is 0.364. The van der Waals surface area contributed by atoms with Crippen molar-refractivity contribution in [3.63, 3.8) is 0 Å². The number of ether oxygens (including phenoxy) is 4. The van der Waals surface area contributed by atoms with E-state index in [1.54, 1.807) is 0 Å². The molecule has 7 heteroatoms. The summed E-state index contributed by atoms with van der Waals surface area (Å²) in [6.07, 6.45) is -0.771. The average molecular weight is 399 g/mol. The molecule has 1 heterocycles. The molecule has 1 aliphatic rings. The Labute approximate surface area is 170 Å². The first-order valence-electron chi connectivity index (χ1n) is 9.50. The predicted octanol–water partition coefficient (Wildman–Crippen LogP) is 3.13. The Balaban J connectivity index is 1.41. The normalized spacial score (nSPS) is 17.1. The fourth-order valence-corrected chi connectivity index (χ4v) is 2.79. The van der Waals surface area contributed by atoms with E-state index in [2.05, 4.69) is 0 Å². The highest BCUT2D eigenvalue weighted by Gasteiger charge is 2.39. The summed E-state index contributed by atoms with van der Waals surface area (Å²) in [4.78, 5) is 25.5. The summed E-state index contributed by atoms with van der Waals surface area (Å²) in [6, 6.07) is 18.3. The van der Waals surface area contributed by atoms with Crippen LogP contribution in [0.25, 0.3) is 0 Å². The molecule has 3 rings (SSSR count). The summed E-state index contributed by atoms with van der Waals surface area (Å²) >= 11 is 0. The Morgan fingerprint density at radius 2 is 1.69 bits per heavy atom. The SMILES string of the molecule is C[C@H](COC[C@H]1C(=O)OCN1C(=O)OCc1ccccc1)OCc1ccccc1. The summed E-state index contributed by atoms with van der Waals surface area (Å²) < 4.78 is 21.6. The molecule has 0 spiro atoms. The van der Waals surface area contributed by atoms with Gasteiger partial charge in [-0.1, -0.05) is 60.7 Å². The van der Waals surface area contributed by atoms with Gasteiger partial charge in [0.05, 0.1) is 25.9 Å². The van der Waals surface area contributed by atoms with Crippen LogP contribution in [0.1, 0.15) is 18.1 Å². The molecular weight excluding hydrogens is 374 g/mol. The fourth-order valence-electron chi connectivity index (χ4n) is 2.79. The first-order valence-corrected chi connectivity index (χ1v) is 9.50. The topological polar surface area (TPSA) is 74.3 Å². The van der Waals surface area contributed by atoms with E-state index in [1.165, 1.54) is 4.90 Å². The first-order chi connectivity index (χ1) is 14.1. The van der Waals surface area contributed by atoms with Crippen LogP contribution in [-0.4, -0.2) is 49.1 Å². The number of nitrogens with zero attached hydrogens (tertiary/aromatic N) is 1. The van der Waals surface area contributed by atoms with Gasteiger partial charge in [-0.25, -0.2) is 9.59 Å². The van der Waals surface area contributed by atoms with E-state index in [0.29, 0.717) is 13.2 Å². The van der Waals surface area contributed by atoms with Gasteiger partial charge < -0.3 is 18.9 Å². The lowest BCUT2D eigenvalue weighted by Crippen LogP contribution is -2.42. The van der Waals surface area contributed by atoms with Crippen LogP contribution in [0.15, 0.2) is 60.7 Å². The molecule has 0 radical (unpaired) electrons. The molecule has 0 aromatic heterocycles. The zero-order valence-corrected chi connectivity index (χ0v) is 16.4. The van der Waals surface area contributed by atoms with E-state index in [-0.39, 0.29) is 26.0 Å². The van der Waals surface area contributed by atoms with Gasteiger partial charge in [0.1, 0.15) is 6.61 Å². The molecule has 0 bridgehead atoms. The second-order valence-corrected chi connectivity index (χ2v) is 6.76. The van der Waals surface area contributed by atoms with E-state index in [0.717, 1.165) is 11.1 Å². The minimum Gasteiger partial charge on any atom is -0.444 e. The lowest BCUT2D eigenvalue weighted by atomic mass is 10.2. The molecule has 1 amide bonds. The molecule has 1 aliphatic heterocycles. The van der Waals surface area contributed by atoms with Gasteiger partial charge in [-0.15, -0.1) is 0 Å². The number of hydrogen-bond donors (Lipinski definition) is 0. The average Bonchev–Trinajstić information content (AvgIpc) is 3.12. The molecule has 154 valence electrons. The standard InChI is InChI=1S/C22H25NO6/c1-17(27-13-18-8-4-2-5-9-18)12-26-15-20-21(24)29-16-23(20)22(25)28-14-19-10-6-3-7-11-19/h2-11,17,20H,12-16H2,1H3/t17-,20+/m1/s1. The number of carbonyl (C=O) groups is 2. The largest absolute Gasteiger partial charge is 0.444 e. The number of carbonyl (C=O) groups excluding carboxylic acids is 2. The highest BCUT2D eigenvalue weighted by atomic mass is 16.6. The van der Waals surface area contributed by atoms with Crippen LogP contribution in [0, 0.1) is 0 Å². The van der Waals surface area contributed by atoms with Crippen LogP contribution in [0.3, 0.4) is 0 Å². The van der Waals surface area contributed by atoms with Crippen LogP contribution in [0.5, 0.6) is 0 Å². The molecular formula is C22H25NO6. The zero-order chi connectivity index (χ0) is 20.5. The van der Waals surface area contributed by atoms with Crippen molar-refractivity contribution in [3.8, 4) is 0 Å². The summed E-state index contributed by atoms with van der Waals surface area (Å²) in [5, 5.41) is 0. The number of benzene rings is 2. The van der Waals surface area contributed by atoms with Crippen molar-refractivity contribution in [1.82, 2.24) is 4.90 Å². The van der Waals surface area contributed by atoms with E-state index >= 15 is 0 Å². The van der Waals surface area contributed by atoms with Crippen LogP contribution in [-0.2, 0) is 37.0 Å². The number of amides is 1. The molecule has 7 nitrogen and oxygen atoms in total. The van der Waals surface area contributed by atoms with Gasteiger partial charge in [-0.05, 0) is 18.1 Å². The third-order valence-corrected chi connectivity index (χ3v) is 4.44. The maximum absolute atomic E-state index is 12.3. The second kappa shape index (κ2) is 10.6. The third kappa shape index (κ3) is 6.30. The highest BCUT2D eigenvalue weighted by Crippen LogP contribution is 2.15. The van der Waals surface area contributed by atoms with Gasteiger partial charge in [0, 0.05) is 0 Å². The Bertz CT molecular complexity index is 782. The quantitative estimate of drug-likeness (QED) is 0.603. The van der Waals surface area contributed by atoms with Gasteiger partial charge in [-0.2, -0.15) is 0 Å². The van der Waals surface area contributed by atoms with Crippen molar-refractivity contribution in [2.24, 2.45) is 0 Å². The lowest BCUT2D eigenvalue weighted by molar-refractivity contribution is -0.140. The van der Waals surface area contributed by atoms with Crippen molar-refractivity contribution in [2.75, 3.05) is 19.9 Å². The minimum atomic E-state index is -0.820. The molecule has 0 aliphatic carbocycles. The third-order valence-electron chi connectivity index (χ3n) is 4.44. The van der Waals surface area contributed by atoms with Crippen LogP contribution in [0.4, 0.5) is 4.79 Å². The smallest absolute Gasteiger partial charge is 0.413 e. The van der Waals surface area contributed by atoms with Crippen molar-refractivity contribution in [3.05, 3.63) is 71.8 Å². The molecule has 0 N–H and O–H groups in total. The first kappa shape index (κ1) is 20.8. The van der Waals surface area contributed by atoms with Gasteiger partial charge in [-0.3, -0.25) is 4.90 Å². The Hall–Kier alpha value is -2.90. The van der Waals surface area contributed by atoms with Crippen molar-refractivity contribution < 1.29 is 28.5 Å². The maximum atomic E-state index is 12.3. The molecule has 0 saturated carbocycles. The Morgan fingerprint density at radius 1 is 1.07 bits per heavy atom. The molecule has 1 fully saturated rings. The van der Waals surface area contributed by atoms with Gasteiger partial charge >= 0.3 is 12.1 Å². The van der Waals surface area contributed by atoms with Crippen LogP contribution < -0.4 is 0 Å². The van der Waals surface area contributed by atoms with Crippen LogP contribution in [0.2, 0.25) is 0 Å². The summed E-state index contributed by atoms with van der Waals surface area (Å²) in [5.74, 6) is -0.500. The minimum absolute atomic E-state index is 0.0261. The number of rotatable bonds is 9. The van der Waals surface area contributed by atoms with Gasteiger partial charge in [0.25, 0.3) is 0 Å². The predicted molar refractivity (Wildman–Crippen MR) is 105 cm³/mol. The molecule has 2 atom stereocenters.